The molecule has 1 rings (SSSR count). The summed E-state index contributed by atoms with van der Waals surface area (Å²) in [6.07, 6.45) is 0. The Morgan fingerprint density at radius 2 is 2.17 bits per heavy atom. The minimum absolute atomic E-state index is 0.421. The van der Waals surface area contributed by atoms with Gasteiger partial charge < -0.3 is 10.1 Å². The van der Waals surface area contributed by atoms with Crippen molar-refractivity contribution in [3.05, 3.63) is 23.0 Å². The van der Waals surface area contributed by atoms with E-state index in [2.05, 4.69) is 4.98 Å². The van der Waals surface area contributed by atoms with Gasteiger partial charge in [-0.3, -0.25) is 4.79 Å². The van der Waals surface area contributed by atoms with Crippen LogP contribution in [-0.4, -0.2) is 16.1 Å². The summed E-state index contributed by atoms with van der Waals surface area (Å²) in [7, 11) is 0. The summed E-state index contributed by atoms with van der Waals surface area (Å²) < 4.78 is 0. The average molecular weight is 167 g/mol. The van der Waals surface area contributed by atoms with E-state index in [-0.39, 0.29) is 0 Å². The molecule has 0 amide bonds. The van der Waals surface area contributed by atoms with Gasteiger partial charge in [0.15, 0.2) is 0 Å². The second-order valence-corrected chi connectivity index (χ2v) is 3.09. The van der Waals surface area contributed by atoms with Crippen LogP contribution in [0.15, 0.2) is 6.07 Å². The number of aromatic nitrogens is 1. The number of carbonyl (C=O) groups is 1. The summed E-state index contributed by atoms with van der Waals surface area (Å²) in [5.41, 5.74) is 2.83. The molecule has 1 heterocycles. The number of nitrogens with one attached hydrogen (secondary N) is 1. The Kier molecular flexibility index (Phi) is 2.22. The van der Waals surface area contributed by atoms with E-state index in [1.54, 1.807) is 6.92 Å². The fraction of sp³-hybridized carbons (Fsp3) is 0.444. The molecule has 12 heavy (non-hydrogen) atoms. The molecule has 0 spiro atoms. The zero-order valence-corrected chi connectivity index (χ0v) is 7.51. The molecular weight excluding hydrogens is 154 g/mol. The Bertz CT molecular complexity index is 301. The van der Waals surface area contributed by atoms with E-state index in [0.717, 1.165) is 17.0 Å². The highest BCUT2D eigenvalue weighted by Gasteiger charge is 2.16. The zero-order chi connectivity index (χ0) is 9.30. The van der Waals surface area contributed by atoms with Crippen molar-refractivity contribution in [2.45, 2.75) is 26.7 Å². The Balaban J connectivity index is 3.02. The highest BCUT2D eigenvalue weighted by Crippen LogP contribution is 2.20. The highest BCUT2D eigenvalue weighted by molar-refractivity contribution is 5.76. The van der Waals surface area contributed by atoms with Gasteiger partial charge in [-0.25, -0.2) is 0 Å². The summed E-state index contributed by atoms with van der Waals surface area (Å²) in [5.74, 6) is -1.20. The first kappa shape index (κ1) is 8.84. The van der Waals surface area contributed by atoms with Crippen LogP contribution in [-0.2, 0) is 4.79 Å². The van der Waals surface area contributed by atoms with Gasteiger partial charge >= 0.3 is 5.97 Å². The van der Waals surface area contributed by atoms with Crippen molar-refractivity contribution in [2.75, 3.05) is 0 Å². The smallest absolute Gasteiger partial charge is 0.310 e. The third-order valence-electron chi connectivity index (χ3n) is 2.03. The number of aryl methyl sites for hydroxylation is 2. The van der Waals surface area contributed by atoms with Crippen molar-refractivity contribution in [2.24, 2.45) is 0 Å². The van der Waals surface area contributed by atoms with Gasteiger partial charge in [-0.05, 0) is 32.4 Å². The molecule has 0 aliphatic rings. The number of aromatic amines is 1. The Morgan fingerprint density at radius 3 is 2.50 bits per heavy atom. The number of hydrogen-bond acceptors (Lipinski definition) is 1. The van der Waals surface area contributed by atoms with E-state index in [1.807, 2.05) is 19.9 Å². The lowest BCUT2D eigenvalue weighted by atomic mass is 10.0. The SMILES string of the molecule is Cc1cc(C(C)C(=O)O)c(C)[nH]1. The van der Waals surface area contributed by atoms with Gasteiger partial charge in [0.05, 0.1) is 5.92 Å². The lowest BCUT2D eigenvalue weighted by molar-refractivity contribution is -0.138. The van der Waals surface area contributed by atoms with Gasteiger partial charge in [-0.15, -0.1) is 0 Å². The monoisotopic (exact) mass is 167 g/mol. The van der Waals surface area contributed by atoms with Gasteiger partial charge in [-0.1, -0.05) is 0 Å². The number of H-pyrrole nitrogens is 1. The molecule has 66 valence electrons. The van der Waals surface area contributed by atoms with Crippen LogP contribution in [0.25, 0.3) is 0 Å². The molecule has 0 fully saturated rings. The van der Waals surface area contributed by atoms with Crippen molar-refractivity contribution < 1.29 is 9.90 Å². The normalized spacial score (nSPS) is 12.9. The lowest BCUT2D eigenvalue weighted by Gasteiger charge is -2.03. The molecule has 3 heteroatoms. The van der Waals surface area contributed by atoms with Crippen LogP contribution in [0, 0.1) is 13.8 Å². The van der Waals surface area contributed by atoms with Crippen molar-refractivity contribution in [3.63, 3.8) is 0 Å². The average Bonchev–Trinajstić information content (AvgIpc) is 2.28. The van der Waals surface area contributed by atoms with E-state index in [0.29, 0.717) is 0 Å². The third-order valence-corrected chi connectivity index (χ3v) is 2.03. The Morgan fingerprint density at radius 1 is 1.58 bits per heavy atom. The number of aliphatic carboxylic acids is 1. The van der Waals surface area contributed by atoms with Crippen molar-refractivity contribution in [1.82, 2.24) is 4.98 Å². The number of rotatable bonds is 2. The van der Waals surface area contributed by atoms with Crippen LogP contribution in [0.3, 0.4) is 0 Å². The van der Waals surface area contributed by atoms with E-state index >= 15 is 0 Å². The van der Waals surface area contributed by atoms with E-state index in [9.17, 15) is 4.79 Å². The molecule has 0 bridgehead atoms. The fourth-order valence-electron chi connectivity index (χ4n) is 1.33. The quantitative estimate of drug-likeness (QED) is 0.705. The molecule has 1 atom stereocenters. The van der Waals surface area contributed by atoms with Gasteiger partial charge in [0, 0.05) is 11.4 Å². The van der Waals surface area contributed by atoms with Crippen LogP contribution < -0.4 is 0 Å². The summed E-state index contributed by atoms with van der Waals surface area (Å²) >= 11 is 0. The second-order valence-electron chi connectivity index (χ2n) is 3.09. The van der Waals surface area contributed by atoms with Crippen LogP contribution in [0.1, 0.15) is 29.8 Å². The van der Waals surface area contributed by atoms with E-state index in [4.69, 9.17) is 5.11 Å². The predicted molar refractivity (Wildman–Crippen MR) is 46.3 cm³/mol. The first-order chi connectivity index (χ1) is 5.52. The van der Waals surface area contributed by atoms with Crippen LogP contribution in [0.5, 0.6) is 0 Å². The maximum Gasteiger partial charge on any atom is 0.310 e. The molecule has 0 radical (unpaired) electrons. The molecule has 2 N–H and O–H groups in total. The Hall–Kier alpha value is -1.25. The third kappa shape index (κ3) is 1.49. The second kappa shape index (κ2) is 3.01. The van der Waals surface area contributed by atoms with Crippen LogP contribution in [0.4, 0.5) is 0 Å². The van der Waals surface area contributed by atoms with Crippen LogP contribution in [0.2, 0.25) is 0 Å². The van der Waals surface area contributed by atoms with Crippen molar-refractivity contribution in [1.29, 1.82) is 0 Å². The van der Waals surface area contributed by atoms with E-state index < -0.39 is 11.9 Å². The number of carboxylic acids is 1. The predicted octanol–water partition coefficient (Wildman–Crippen LogP) is 1.82. The van der Waals surface area contributed by atoms with Gasteiger partial charge in [0.2, 0.25) is 0 Å². The zero-order valence-electron chi connectivity index (χ0n) is 7.51. The summed E-state index contributed by atoms with van der Waals surface area (Å²) in [5, 5.41) is 8.76. The summed E-state index contributed by atoms with van der Waals surface area (Å²) in [6.45, 7) is 5.50. The molecule has 1 unspecified atom stereocenters. The molecule has 1 aromatic heterocycles. The molecule has 0 saturated carbocycles. The minimum Gasteiger partial charge on any atom is -0.481 e. The van der Waals surface area contributed by atoms with Crippen molar-refractivity contribution in [3.8, 4) is 0 Å². The molecule has 0 saturated heterocycles. The fourth-order valence-corrected chi connectivity index (χ4v) is 1.33. The number of hydrogen-bond donors (Lipinski definition) is 2. The largest absolute Gasteiger partial charge is 0.481 e. The molecule has 0 aromatic carbocycles. The first-order valence-electron chi connectivity index (χ1n) is 3.91. The summed E-state index contributed by atoms with van der Waals surface area (Å²) in [4.78, 5) is 13.7. The molecule has 3 nitrogen and oxygen atoms in total. The molecular formula is C9H13NO2. The maximum atomic E-state index is 10.6. The highest BCUT2D eigenvalue weighted by atomic mass is 16.4. The molecule has 0 aliphatic heterocycles. The van der Waals surface area contributed by atoms with Gasteiger partial charge in [0.25, 0.3) is 0 Å². The minimum atomic E-state index is -0.780. The topological polar surface area (TPSA) is 53.1 Å². The first-order valence-corrected chi connectivity index (χ1v) is 3.91. The summed E-state index contributed by atoms with van der Waals surface area (Å²) in [6, 6.07) is 1.88. The van der Waals surface area contributed by atoms with E-state index in [1.165, 1.54) is 0 Å². The Labute approximate surface area is 71.4 Å². The lowest BCUT2D eigenvalue weighted by Crippen LogP contribution is -2.07. The van der Waals surface area contributed by atoms with Gasteiger partial charge in [-0.2, -0.15) is 0 Å². The number of carboxylic acid groups (broad SMARTS) is 1. The standard InChI is InChI=1S/C9H13NO2/c1-5-4-8(7(3)10-5)6(2)9(11)12/h4,6,10H,1-3H3,(H,11,12). The van der Waals surface area contributed by atoms with Crippen LogP contribution >= 0.6 is 0 Å². The molecule has 0 aliphatic carbocycles. The maximum absolute atomic E-state index is 10.6. The van der Waals surface area contributed by atoms with Gasteiger partial charge in [0.1, 0.15) is 0 Å². The van der Waals surface area contributed by atoms with Crippen molar-refractivity contribution >= 4 is 5.97 Å². The molecule has 1 aromatic rings.